The zero-order valence-corrected chi connectivity index (χ0v) is 13.6. The minimum atomic E-state index is -0.557. The molecule has 3 nitrogen and oxygen atoms in total. The predicted octanol–water partition coefficient (Wildman–Crippen LogP) is 4.63. The van der Waals surface area contributed by atoms with Gasteiger partial charge in [0.2, 0.25) is 0 Å². The molecule has 3 aromatic rings. The molecule has 3 heteroatoms. The largest absolute Gasteiger partial charge is 0.508 e. The molecule has 124 valence electrons. The van der Waals surface area contributed by atoms with Crippen LogP contribution in [0.3, 0.4) is 0 Å². The summed E-state index contributed by atoms with van der Waals surface area (Å²) in [6, 6.07) is 24.5. The molecule has 0 aromatic heterocycles. The standard InChI is InChI=1S/C22H18O3/c23-19-13-7-12-18(14-19)21(24)15-20(16-8-3-1-4-9-16)22(25)17-10-5-2-6-11-17/h1-14,20,23H,15H2. The molecule has 0 heterocycles. The molecule has 1 unspecified atom stereocenters. The van der Waals surface area contributed by atoms with Crippen molar-refractivity contribution in [2.75, 3.05) is 0 Å². The second-order valence-corrected chi connectivity index (χ2v) is 5.87. The number of rotatable bonds is 6. The van der Waals surface area contributed by atoms with E-state index in [2.05, 4.69) is 0 Å². The van der Waals surface area contributed by atoms with Gasteiger partial charge in [-0.15, -0.1) is 0 Å². The molecule has 1 atom stereocenters. The van der Waals surface area contributed by atoms with Crippen LogP contribution in [0.15, 0.2) is 84.9 Å². The van der Waals surface area contributed by atoms with E-state index in [1.165, 1.54) is 12.1 Å². The van der Waals surface area contributed by atoms with Crippen molar-refractivity contribution < 1.29 is 14.7 Å². The van der Waals surface area contributed by atoms with E-state index in [4.69, 9.17) is 0 Å². The zero-order valence-electron chi connectivity index (χ0n) is 13.6. The number of Topliss-reactive ketones (excluding diaryl/α,β-unsaturated/α-hetero) is 2. The summed E-state index contributed by atoms with van der Waals surface area (Å²) in [5.41, 5.74) is 1.80. The third-order valence-electron chi connectivity index (χ3n) is 4.13. The van der Waals surface area contributed by atoms with E-state index < -0.39 is 5.92 Å². The fraction of sp³-hybridized carbons (Fsp3) is 0.0909. The summed E-state index contributed by atoms with van der Waals surface area (Å²) in [5, 5.41) is 9.58. The van der Waals surface area contributed by atoms with Crippen molar-refractivity contribution in [3.8, 4) is 5.75 Å². The molecule has 0 saturated carbocycles. The van der Waals surface area contributed by atoms with E-state index in [1.54, 1.807) is 24.3 Å². The van der Waals surface area contributed by atoms with Crippen molar-refractivity contribution in [2.24, 2.45) is 0 Å². The highest BCUT2D eigenvalue weighted by molar-refractivity contribution is 6.06. The molecule has 1 N–H and O–H groups in total. The highest BCUT2D eigenvalue weighted by atomic mass is 16.3. The molecule has 0 aliphatic rings. The summed E-state index contributed by atoms with van der Waals surface area (Å²) in [6.07, 6.45) is 0.0567. The third kappa shape index (κ3) is 4.01. The maximum atomic E-state index is 13.0. The van der Waals surface area contributed by atoms with Gasteiger partial charge in [-0.3, -0.25) is 9.59 Å². The van der Waals surface area contributed by atoms with Gasteiger partial charge < -0.3 is 5.11 Å². The number of hydrogen-bond acceptors (Lipinski definition) is 3. The van der Waals surface area contributed by atoms with E-state index in [0.717, 1.165) is 5.56 Å². The number of carbonyl (C=O) groups is 2. The van der Waals surface area contributed by atoms with Crippen LogP contribution >= 0.6 is 0 Å². The zero-order chi connectivity index (χ0) is 17.6. The smallest absolute Gasteiger partial charge is 0.170 e. The first-order valence-corrected chi connectivity index (χ1v) is 8.11. The van der Waals surface area contributed by atoms with E-state index in [-0.39, 0.29) is 23.7 Å². The molecule has 0 spiro atoms. The lowest BCUT2D eigenvalue weighted by atomic mass is 9.85. The van der Waals surface area contributed by atoms with Gasteiger partial charge in [-0.25, -0.2) is 0 Å². The average Bonchev–Trinajstić information content (AvgIpc) is 2.67. The van der Waals surface area contributed by atoms with Crippen molar-refractivity contribution in [2.45, 2.75) is 12.3 Å². The topological polar surface area (TPSA) is 54.4 Å². The Bertz CT molecular complexity index is 870. The summed E-state index contributed by atoms with van der Waals surface area (Å²) in [6.45, 7) is 0. The minimum Gasteiger partial charge on any atom is -0.508 e. The van der Waals surface area contributed by atoms with Crippen LogP contribution in [0.25, 0.3) is 0 Å². The van der Waals surface area contributed by atoms with E-state index in [9.17, 15) is 14.7 Å². The Labute approximate surface area is 146 Å². The number of carbonyl (C=O) groups excluding carboxylic acids is 2. The fourth-order valence-electron chi connectivity index (χ4n) is 2.83. The molecule has 0 aliphatic carbocycles. The van der Waals surface area contributed by atoms with Crippen molar-refractivity contribution in [1.82, 2.24) is 0 Å². The second-order valence-electron chi connectivity index (χ2n) is 5.87. The number of phenolic OH excluding ortho intramolecular Hbond substituents is 1. The molecule has 0 aliphatic heterocycles. The highest BCUT2D eigenvalue weighted by Crippen LogP contribution is 2.27. The summed E-state index contributed by atoms with van der Waals surface area (Å²) >= 11 is 0. The summed E-state index contributed by atoms with van der Waals surface area (Å²) in [5.74, 6) is -0.774. The van der Waals surface area contributed by atoms with Crippen LogP contribution in [0.1, 0.15) is 38.6 Å². The monoisotopic (exact) mass is 330 g/mol. The Hall–Kier alpha value is -3.20. The Morgan fingerprint density at radius 1 is 0.760 bits per heavy atom. The van der Waals surface area contributed by atoms with Gasteiger partial charge in [0.15, 0.2) is 11.6 Å². The van der Waals surface area contributed by atoms with Crippen molar-refractivity contribution in [1.29, 1.82) is 0 Å². The quantitative estimate of drug-likeness (QED) is 0.670. The Morgan fingerprint density at radius 2 is 1.36 bits per heavy atom. The SMILES string of the molecule is O=C(CC(C(=O)c1ccccc1)c1ccccc1)c1cccc(O)c1. The molecule has 0 bridgehead atoms. The van der Waals surface area contributed by atoms with Crippen LogP contribution in [0.5, 0.6) is 5.75 Å². The van der Waals surface area contributed by atoms with Gasteiger partial charge in [0.1, 0.15) is 5.75 Å². The Morgan fingerprint density at radius 3 is 2.00 bits per heavy atom. The molecule has 25 heavy (non-hydrogen) atoms. The minimum absolute atomic E-state index is 0.0384. The number of aromatic hydroxyl groups is 1. The Kier molecular flexibility index (Phi) is 5.05. The molecule has 3 aromatic carbocycles. The summed E-state index contributed by atoms with van der Waals surface area (Å²) < 4.78 is 0. The summed E-state index contributed by atoms with van der Waals surface area (Å²) in [7, 11) is 0. The second kappa shape index (κ2) is 7.58. The predicted molar refractivity (Wildman–Crippen MR) is 97.0 cm³/mol. The van der Waals surface area contributed by atoms with Gasteiger partial charge >= 0.3 is 0 Å². The van der Waals surface area contributed by atoms with Gasteiger partial charge in [-0.05, 0) is 17.7 Å². The number of phenols is 1. The first kappa shape index (κ1) is 16.7. The normalized spacial score (nSPS) is 11.7. The molecular formula is C22H18O3. The van der Waals surface area contributed by atoms with Gasteiger partial charge in [0, 0.05) is 17.5 Å². The first-order valence-electron chi connectivity index (χ1n) is 8.11. The lowest BCUT2D eigenvalue weighted by Gasteiger charge is -2.16. The molecule has 0 saturated heterocycles. The van der Waals surface area contributed by atoms with Crippen molar-refractivity contribution in [3.63, 3.8) is 0 Å². The van der Waals surface area contributed by atoms with E-state index in [1.807, 2.05) is 48.5 Å². The van der Waals surface area contributed by atoms with Crippen molar-refractivity contribution in [3.05, 3.63) is 102 Å². The maximum Gasteiger partial charge on any atom is 0.170 e. The third-order valence-corrected chi connectivity index (χ3v) is 4.13. The highest BCUT2D eigenvalue weighted by Gasteiger charge is 2.25. The van der Waals surface area contributed by atoms with Crippen LogP contribution in [0.2, 0.25) is 0 Å². The maximum absolute atomic E-state index is 13.0. The summed E-state index contributed by atoms with van der Waals surface area (Å²) in [4.78, 5) is 25.6. The number of ketones is 2. The molecule has 0 fully saturated rings. The van der Waals surface area contributed by atoms with Crippen LogP contribution in [-0.4, -0.2) is 16.7 Å². The lowest BCUT2D eigenvalue weighted by molar-refractivity contribution is 0.0893. The average molecular weight is 330 g/mol. The van der Waals surface area contributed by atoms with Crippen LogP contribution in [0.4, 0.5) is 0 Å². The molecule has 0 amide bonds. The van der Waals surface area contributed by atoms with Crippen LogP contribution in [0, 0.1) is 0 Å². The van der Waals surface area contributed by atoms with E-state index in [0.29, 0.717) is 11.1 Å². The van der Waals surface area contributed by atoms with Crippen LogP contribution in [-0.2, 0) is 0 Å². The molecule has 3 rings (SSSR count). The first-order chi connectivity index (χ1) is 12.1. The van der Waals surface area contributed by atoms with Gasteiger partial charge in [0.25, 0.3) is 0 Å². The number of hydrogen-bond donors (Lipinski definition) is 1. The lowest BCUT2D eigenvalue weighted by Crippen LogP contribution is -2.17. The van der Waals surface area contributed by atoms with E-state index >= 15 is 0 Å². The van der Waals surface area contributed by atoms with Crippen molar-refractivity contribution >= 4 is 11.6 Å². The molecule has 0 radical (unpaired) electrons. The fourth-order valence-corrected chi connectivity index (χ4v) is 2.83. The van der Waals surface area contributed by atoms with Gasteiger partial charge in [-0.2, -0.15) is 0 Å². The molecular weight excluding hydrogens is 312 g/mol. The number of benzene rings is 3. The van der Waals surface area contributed by atoms with Crippen LogP contribution < -0.4 is 0 Å². The Balaban J connectivity index is 1.92. The van der Waals surface area contributed by atoms with Gasteiger partial charge in [-0.1, -0.05) is 72.8 Å². The van der Waals surface area contributed by atoms with Gasteiger partial charge in [0.05, 0.1) is 5.92 Å².